The molecule has 2 aliphatic rings. The number of thioether (sulfide) groups is 1. The zero-order valence-electron chi connectivity index (χ0n) is 16.8. The van der Waals surface area contributed by atoms with Gasteiger partial charge in [0.05, 0.1) is 5.57 Å². The quantitative estimate of drug-likeness (QED) is 0.598. The second-order valence-corrected chi connectivity index (χ2v) is 7.97. The number of ether oxygens (including phenoxy) is 1. The van der Waals surface area contributed by atoms with Crippen LogP contribution in [0, 0.1) is 5.41 Å². The summed E-state index contributed by atoms with van der Waals surface area (Å²) in [4.78, 5) is 20.8. The maximum absolute atomic E-state index is 12.6. The van der Waals surface area contributed by atoms with E-state index in [1.54, 1.807) is 18.5 Å². The molecule has 0 atom stereocenters. The molecular weight excluding hydrogens is 422 g/mol. The number of aromatic nitrogens is 1. The molecule has 2 aromatic carbocycles. The molecule has 1 amide bonds. The predicted molar refractivity (Wildman–Crippen MR) is 126 cm³/mol. The van der Waals surface area contributed by atoms with E-state index in [2.05, 4.69) is 15.1 Å². The fourth-order valence-corrected chi connectivity index (χ4v) is 4.05. The number of amidine groups is 2. The van der Waals surface area contributed by atoms with E-state index >= 15 is 0 Å². The van der Waals surface area contributed by atoms with Gasteiger partial charge in [-0.15, -0.1) is 0 Å². The molecule has 32 heavy (non-hydrogen) atoms. The van der Waals surface area contributed by atoms with Crippen molar-refractivity contribution in [2.45, 2.75) is 6.61 Å². The fourth-order valence-electron chi connectivity index (χ4n) is 3.17. The predicted octanol–water partition coefficient (Wildman–Crippen LogP) is 4.33. The Hall–Kier alpha value is -4.04. The van der Waals surface area contributed by atoms with E-state index in [9.17, 15) is 4.79 Å². The number of fused-ring (bicyclic) bond motifs is 1. The zero-order chi connectivity index (χ0) is 21.9. The maximum Gasteiger partial charge on any atom is 0.283 e. The van der Waals surface area contributed by atoms with Crippen LogP contribution in [0.3, 0.4) is 0 Å². The molecule has 3 aromatic rings. The average Bonchev–Trinajstić information content (AvgIpc) is 3.27. The molecule has 0 saturated heterocycles. The fraction of sp³-hybridized carbons (Fsp3) is 0.0417. The van der Waals surface area contributed by atoms with Crippen molar-refractivity contribution in [3.63, 3.8) is 0 Å². The Morgan fingerprint density at radius 2 is 1.84 bits per heavy atom. The molecule has 7 nitrogen and oxygen atoms in total. The maximum atomic E-state index is 12.6. The summed E-state index contributed by atoms with van der Waals surface area (Å²) in [5, 5.41) is 15.4. The minimum Gasteiger partial charge on any atom is -0.489 e. The highest BCUT2D eigenvalue weighted by Crippen LogP contribution is 2.30. The Morgan fingerprint density at radius 3 is 2.59 bits per heavy atom. The van der Waals surface area contributed by atoms with E-state index in [-0.39, 0.29) is 11.4 Å². The SMILES string of the molecule is N=C1/C(=C/c2ccc(OCc3ccccc3)cc2)C(=O)N=C2SC(c3cccnc3)=NN12. The number of nitrogens with one attached hydrogen (secondary N) is 1. The number of hydrogen-bond acceptors (Lipinski definition) is 6. The molecule has 0 radical (unpaired) electrons. The normalized spacial score (nSPS) is 16.6. The molecule has 156 valence electrons. The summed E-state index contributed by atoms with van der Waals surface area (Å²) < 4.78 is 5.80. The third-order valence-corrected chi connectivity index (χ3v) is 5.76. The van der Waals surface area contributed by atoms with Crippen LogP contribution in [0.15, 0.2) is 94.8 Å². The number of pyridine rings is 1. The van der Waals surface area contributed by atoms with E-state index in [4.69, 9.17) is 10.1 Å². The number of amides is 1. The Balaban J connectivity index is 1.33. The van der Waals surface area contributed by atoms with Crippen LogP contribution in [0.1, 0.15) is 16.7 Å². The summed E-state index contributed by atoms with van der Waals surface area (Å²) in [5.41, 5.74) is 2.85. The number of hydrazone groups is 1. The Morgan fingerprint density at radius 1 is 1.03 bits per heavy atom. The second-order valence-electron chi connectivity index (χ2n) is 7.01. The van der Waals surface area contributed by atoms with Crippen LogP contribution in [0.4, 0.5) is 0 Å². The van der Waals surface area contributed by atoms with Crippen molar-refractivity contribution in [3.05, 3.63) is 101 Å². The van der Waals surface area contributed by atoms with Crippen LogP contribution in [-0.4, -0.2) is 31.9 Å². The molecule has 5 rings (SSSR count). The van der Waals surface area contributed by atoms with Crippen molar-refractivity contribution in [3.8, 4) is 5.75 Å². The minimum absolute atomic E-state index is 0.00389. The van der Waals surface area contributed by atoms with Gasteiger partial charge in [-0.25, -0.2) is 0 Å². The number of aliphatic imine (C=N–C) groups is 1. The van der Waals surface area contributed by atoms with Gasteiger partial charge in [-0.3, -0.25) is 15.2 Å². The summed E-state index contributed by atoms with van der Waals surface area (Å²) in [6, 6.07) is 21.0. The lowest BCUT2D eigenvalue weighted by molar-refractivity contribution is -0.114. The molecular formula is C24H17N5O2S. The van der Waals surface area contributed by atoms with Crippen molar-refractivity contribution in [2.75, 3.05) is 0 Å². The summed E-state index contributed by atoms with van der Waals surface area (Å²) in [7, 11) is 0. The monoisotopic (exact) mass is 439 g/mol. The smallest absolute Gasteiger partial charge is 0.283 e. The van der Waals surface area contributed by atoms with Crippen LogP contribution in [0.5, 0.6) is 5.75 Å². The van der Waals surface area contributed by atoms with Crippen molar-refractivity contribution in [2.24, 2.45) is 10.1 Å². The van der Waals surface area contributed by atoms with Crippen LogP contribution in [0.25, 0.3) is 6.08 Å². The summed E-state index contributed by atoms with van der Waals surface area (Å²) in [5.74, 6) is 0.264. The van der Waals surface area contributed by atoms with Gasteiger partial charge in [0.1, 0.15) is 17.4 Å². The Labute approximate surface area is 188 Å². The van der Waals surface area contributed by atoms with Gasteiger partial charge in [0.2, 0.25) is 5.17 Å². The highest BCUT2D eigenvalue weighted by molar-refractivity contribution is 8.27. The first-order valence-corrected chi connectivity index (χ1v) is 10.7. The molecule has 0 bridgehead atoms. The molecule has 2 aliphatic heterocycles. The number of nitrogens with zero attached hydrogens (tertiary/aromatic N) is 4. The Kier molecular flexibility index (Phi) is 5.35. The highest BCUT2D eigenvalue weighted by atomic mass is 32.2. The molecule has 1 aromatic heterocycles. The topological polar surface area (TPSA) is 91.0 Å². The Bertz CT molecular complexity index is 1270. The van der Waals surface area contributed by atoms with Crippen LogP contribution in [-0.2, 0) is 11.4 Å². The van der Waals surface area contributed by atoms with Crippen molar-refractivity contribution in [1.29, 1.82) is 5.41 Å². The molecule has 8 heteroatoms. The third-order valence-electron chi connectivity index (χ3n) is 4.80. The van der Waals surface area contributed by atoms with Gasteiger partial charge < -0.3 is 4.74 Å². The minimum atomic E-state index is -0.458. The third kappa shape index (κ3) is 4.08. The van der Waals surface area contributed by atoms with Crippen molar-refractivity contribution in [1.82, 2.24) is 9.99 Å². The van der Waals surface area contributed by atoms with E-state index < -0.39 is 5.91 Å². The first-order chi connectivity index (χ1) is 15.7. The molecule has 0 aliphatic carbocycles. The van der Waals surface area contributed by atoms with Gasteiger partial charge in [-0.1, -0.05) is 42.5 Å². The van der Waals surface area contributed by atoms with Gasteiger partial charge in [-0.05, 0) is 53.2 Å². The van der Waals surface area contributed by atoms with Gasteiger partial charge >= 0.3 is 0 Å². The summed E-state index contributed by atoms with van der Waals surface area (Å²) in [6.45, 7) is 0.478. The van der Waals surface area contributed by atoms with Crippen molar-refractivity contribution < 1.29 is 9.53 Å². The first kappa shape index (κ1) is 19.9. The lowest BCUT2D eigenvalue weighted by Gasteiger charge is -2.20. The largest absolute Gasteiger partial charge is 0.489 e. The van der Waals surface area contributed by atoms with Gasteiger partial charge in [0, 0.05) is 18.0 Å². The first-order valence-electron chi connectivity index (χ1n) is 9.85. The van der Waals surface area contributed by atoms with Crippen LogP contribution >= 0.6 is 11.8 Å². The number of carbonyl (C=O) groups excluding carboxylic acids is 1. The number of rotatable bonds is 5. The molecule has 0 unspecified atom stereocenters. The second kappa shape index (κ2) is 8.60. The van der Waals surface area contributed by atoms with Crippen molar-refractivity contribution >= 4 is 39.8 Å². The zero-order valence-corrected chi connectivity index (χ0v) is 17.6. The average molecular weight is 440 g/mol. The molecule has 0 spiro atoms. The van der Waals surface area contributed by atoms with E-state index in [1.807, 2.05) is 66.7 Å². The van der Waals surface area contributed by atoms with Gasteiger partial charge in [-0.2, -0.15) is 15.1 Å². The molecule has 1 N–H and O–H groups in total. The van der Waals surface area contributed by atoms with E-state index in [1.165, 1.54) is 16.8 Å². The highest BCUT2D eigenvalue weighted by Gasteiger charge is 2.36. The van der Waals surface area contributed by atoms with Gasteiger partial charge in [0.15, 0.2) is 5.84 Å². The number of hydrogen-bond donors (Lipinski definition) is 1. The number of carbonyl (C=O) groups is 1. The van der Waals surface area contributed by atoms with Crippen LogP contribution in [0.2, 0.25) is 0 Å². The standard InChI is InChI=1S/C24H17N5O2S/c25-21-20(13-16-8-10-19(11-9-16)31-15-17-5-2-1-3-6-17)22(30)27-24-29(21)28-23(32-24)18-7-4-12-26-14-18/h1-14,25H,15H2/b20-13-,25-21?. The summed E-state index contributed by atoms with van der Waals surface area (Å²) in [6.07, 6.45) is 5.02. The number of benzene rings is 2. The van der Waals surface area contributed by atoms with E-state index in [0.717, 1.165) is 22.4 Å². The molecule has 3 heterocycles. The summed E-state index contributed by atoms with van der Waals surface area (Å²) >= 11 is 1.25. The molecule has 0 saturated carbocycles. The van der Waals surface area contributed by atoms with Gasteiger partial charge in [0.25, 0.3) is 5.91 Å². The lowest BCUT2D eigenvalue weighted by Crippen LogP contribution is -2.35. The van der Waals surface area contributed by atoms with Crippen LogP contribution < -0.4 is 4.74 Å². The molecule has 0 fully saturated rings. The lowest BCUT2D eigenvalue weighted by atomic mass is 10.1. The van der Waals surface area contributed by atoms with E-state index in [0.29, 0.717) is 16.8 Å².